The molecule has 3 aromatic rings. The van der Waals surface area contributed by atoms with Gasteiger partial charge in [-0.3, -0.25) is 14.5 Å². The van der Waals surface area contributed by atoms with Crippen LogP contribution in [0.5, 0.6) is 0 Å². The minimum absolute atomic E-state index is 0.0905. The molecule has 2 bridgehead atoms. The van der Waals surface area contributed by atoms with Crippen LogP contribution in [0.15, 0.2) is 78.9 Å². The predicted octanol–water partition coefficient (Wildman–Crippen LogP) is 4.74. The van der Waals surface area contributed by atoms with Crippen LogP contribution in [-0.4, -0.2) is 71.7 Å². The van der Waals surface area contributed by atoms with Crippen LogP contribution in [-0.2, 0) is 20.9 Å². The van der Waals surface area contributed by atoms with E-state index >= 15 is 0 Å². The van der Waals surface area contributed by atoms with Crippen molar-refractivity contribution in [3.63, 3.8) is 0 Å². The number of carboxylic acid groups (broad SMARTS) is 1. The number of carboxylic acids is 1. The van der Waals surface area contributed by atoms with E-state index in [9.17, 15) is 19.5 Å². The number of fused-ring (bicyclic) bond motifs is 6. The van der Waals surface area contributed by atoms with E-state index in [2.05, 4.69) is 29.6 Å². The Bertz CT molecular complexity index is 1410. The predicted molar refractivity (Wildman–Crippen MR) is 159 cm³/mol. The number of nitrogens with zero attached hydrogens (tertiary/aromatic N) is 2. The van der Waals surface area contributed by atoms with Crippen LogP contribution >= 0.6 is 0 Å². The van der Waals surface area contributed by atoms with Crippen LogP contribution in [0.1, 0.15) is 41.9 Å². The van der Waals surface area contributed by atoms with Gasteiger partial charge in [0, 0.05) is 31.6 Å². The lowest BCUT2D eigenvalue weighted by Crippen LogP contribution is -2.62. The summed E-state index contributed by atoms with van der Waals surface area (Å²) in [5.41, 5.74) is 5.61. The number of alkyl carbamates (subject to hydrolysis) is 1. The number of carbonyl (C=O) groups is 3. The number of rotatable bonds is 9. The average Bonchev–Trinajstić information content (AvgIpc) is 3.33. The monoisotopic (exact) mass is 567 g/mol. The number of ether oxygens (including phenoxy) is 1. The summed E-state index contributed by atoms with van der Waals surface area (Å²) in [4.78, 5) is 43.0. The van der Waals surface area contributed by atoms with Crippen LogP contribution in [0.25, 0.3) is 11.1 Å². The van der Waals surface area contributed by atoms with Gasteiger partial charge in [0.1, 0.15) is 12.6 Å². The zero-order chi connectivity index (χ0) is 29.2. The van der Waals surface area contributed by atoms with Crippen molar-refractivity contribution >= 4 is 18.0 Å². The molecule has 4 unspecified atom stereocenters. The Hall–Kier alpha value is -4.17. The molecule has 4 aliphatic rings. The van der Waals surface area contributed by atoms with Crippen molar-refractivity contribution in [3.05, 3.63) is 95.6 Å². The molecule has 3 aromatic carbocycles. The molecule has 8 nitrogen and oxygen atoms in total. The maximum atomic E-state index is 14.0. The minimum Gasteiger partial charge on any atom is -0.481 e. The summed E-state index contributed by atoms with van der Waals surface area (Å²) in [5.74, 6) is -1.60. The van der Waals surface area contributed by atoms with E-state index in [1.54, 1.807) is 4.90 Å². The van der Waals surface area contributed by atoms with Gasteiger partial charge in [-0.05, 0) is 60.0 Å². The Morgan fingerprint density at radius 2 is 1.60 bits per heavy atom. The second-order valence-corrected chi connectivity index (χ2v) is 11.9. The van der Waals surface area contributed by atoms with Crippen molar-refractivity contribution in [1.82, 2.24) is 15.1 Å². The topological polar surface area (TPSA) is 99.2 Å². The fourth-order valence-electron chi connectivity index (χ4n) is 7.15. The van der Waals surface area contributed by atoms with Gasteiger partial charge in [-0.1, -0.05) is 78.9 Å². The summed E-state index contributed by atoms with van der Waals surface area (Å²) >= 11 is 0. The third kappa shape index (κ3) is 5.63. The van der Waals surface area contributed by atoms with Crippen molar-refractivity contribution in [2.24, 2.45) is 11.8 Å². The molecule has 1 saturated carbocycles. The fourth-order valence-corrected chi connectivity index (χ4v) is 7.15. The molecule has 3 fully saturated rings. The van der Waals surface area contributed by atoms with Crippen molar-refractivity contribution in [2.45, 2.75) is 43.8 Å². The minimum atomic E-state index is -0.872. The molecule has 2 aliphatic carbocycles. The van der Waals surface area contributed by atoms with E-state index in [-0.39, 0.29) is 36.9 Å². The lowest BCUT2D eigenvalue weighted by Gasteiger charge is -2.49. The molecule has 0 aromatic heterocycles. The molecule has 0 radical (unpaired) electrons. The highest BCUT2D eigenvalue weighted by Crippen LogP contribution is 2.44. The highest BCUT2D eigenvalue weighted by atomic mass is 16.5. The van der Waals surface area contributed by atoms with Gasteiger partial charge in [0.25, 0.3) is 0 Å². The summed E-state index contributed by atoms with van der Waals surface area (Å²) in [6, 6.07) is 25.0. The maximum absolute atomic E-state index is 14.0. The number of carbonyl (C=O) groups excluding carboxylic acids is 2. The van der Waals surface area contributed by atoms with Gasteiger partial charge in [-0.15, -0.1) is 0 Å². The molecule has 8 heteroatoms. The second kappa shape index (κ2) is 12.0. The molecule has 7 rings (SSSR count). The molecule has 42 heavy (non-hydrogen) atoms. The highest BCUT2D eigenvalue weighted by Gasteiger charge is 2.47. The molecule has 0 spiro atoms. The van der Waals surface area contributed by atoms with E-state index in [1.807, 2.05) is 66.5 Å². The summed E-state index contributed by atoms with van der Waals surface area (Å²) in [5, 5.41) is 12.7. The van der Waals surface area contributed by atoms with Crippen molar-refractivity contribution in [2.75, 3.05) is 26.7 Å². The zero-order valence-electron chi connectivity index (χ0n) is 23.8. The lowest BCUT2D eigenvalue weighted by molar-refractivity contribution is -0.156. The summed E-state index contributed by atoms with van der Waals surface area (Å²) in [6.07, 6.45) is 1.55. The Labute approximate surface area is 246 Å². The van der Waals surface area contributed by atoms with Crippen LogP contribution in [0.4, 0.5) is 4.79 Å². The van der Waals surface area contributed by atoms with Gasteiger partial charge in [-0.25, -0.2) is 4.79 Å². The third-order valence-corrected chi connectivity index (χ3v) is 9.10. The summed E-state index contributed by atoms with van der Waals surface area (Å²) in [7, 11) is 1.91. The van der Waals surface area contributed by atoms with Crippen LogP contribution in [0, 0.1) is 11.8 Å². The first-order chi connectivity index (χ1) is 20.4. The Morgan fingerprint density at radius 1 is 0.952 bits per heavy atom. The van der Waals surface area contributed by atoms with Crippen molar-refractivity contribution in [3.8, 4) is 11.1 Å². The highest BCUT2D eigenvalue weighted by molar-refractivity contribution is 5.87. The number of nitrogens with one attached hydrogen (secondary N) is 1. The molecular formula is C34H37N3O5. The van der Waals surface area contributed by atoms with E-state index in [1.165, 1.54) is 0 Å². The first kappa shape index (κ1) is 28.0. The standard InChI is InChI=1S/C34H37N3O5/c1-36(18-22-9-3-2-4-10-22)20-30(32(38)37-19-23-15-16-31(37)28(17-23)33(39)40)35-34(41)42-21-29-26-13-7-5-11-24(26)25-12-6-8-14-27(25)29/h2-14,23,28-31H,15-21H2,1H3,(H,35,41)(H,39,40). The molecule has 2 saturated heterocycles. The molecule has 2 N–H and O–H groups in total. The Balaban J connectivity index is 1.17. The number of hydrogen-bond donors (Lipinski definition) is 2. The van der Waals surface area contributed by atoms with Gasteiger partial charge in [-0.2, -0.15) is 0 Å². The molecule has 2 heterocycles. The largest absolute Gasteiger partial charge is 0.481 e. The maximum Gasteiger partial charge on any atom is 0.407 e. The van der Waals surface area contributed by atoms with Crippen LogP contribution in [0.2, 0.25) is 0 Å². The van der Waals surface area contributed by atoms with E-state index in [0.29, 0.717) is 25.9 Å². The lowest BCUT2D eigenvalue weighted by atomic mass is 9.72. The van der Waals surface area contributed by atoms with E-state index < -0.39 is 24.0 Å². The van der Waals surface area contributed by atoms with Crippen molar-refractivity contribution < 1.29 is 24.2 Å². The molecule has 2 aliphatic heterocycles. The SMILES string of the molecule is CN(Cc1ccccc1)CC(NC(=O)OCC1c2ccccc2-c2ccccc21)C(=O)N1CC2CCC1C(C(=O)O)C2. The first-order valence-electron chi connectivity index (χ1n) is 14.8. The molecular weight excluding hydrogens is 530 g/mol. The number of aliphatic carboxylic acids is 1. The van der Waals surface area contributed by atoms with Gasteiger partial charge < -0.3 is 20.1 Å². The van der Waals surface area contributed by atoms with E-state index in [0.717, 1.165) is 34.2 Å². The Kier molecular flexibility index (Phi) is 7.98. The first-order valence-corrected chi connectivity index (χ1v) is 14.8. The molecule has 218 valence electrons. The molecule has 4 atom stereocenters. The van der Waals surface area contributed by atoms with Crippen molar-refractivity contribution in [1.29, 1.82) is 0 Å². The zero-order valence-corrected chi connectivity index (χ0v) is 23.8. The Morgan fingerprint density at radius 3 is 2.24 bits per heavy atom. The number of hydrogen-bond acceptors (Lipinski definition) is 5. The second-order valence-electron chi connectivity index (χ2n) is 11.9. The van der Waals surface area contributed by atoms with Crippen LogP contribution in [0.3, 0.4) is 0 Å². The normalized spacial score (nSPS) is 21.5. The third-order valence-electron chi connectivity index (χ3n) is 9.10. The van der Waals surface area contributed by atoms with Gasteiger partial charge >= 0.3 is 12.1 Å². The summed E-state index contributed by atoms with van der Waals surface area (Å²) in [6.45, 7) is 1.54. The van der Waals surface area contributed by atoms with Gasteiger partial charge in [0.05, 0.1) is 5.92 Å². The number of benzene rings is 3. The molecule has 2 amide bonds. The number of likely N-dealkylation sites (N-methyl/N-ethyl adjacent to an activating group) is 1. The van der Waals surface area contributed by atoms with Gasteiger partial charge in [0.2, 0.25) is 5.91 Å². The average molecular weight is 568 g/mol. The fraction of sp³-hybridized carbons (Fsp3) is 0.382. The number of amides is 2. The van der Waals surface area contributed by atoms with Gasteiger partial charge in [0.15, 0.2) is 0 Å². The number of piperidine rings is 2. The smallest absolute Gasteiger partial charge is 0.407 e. The van der Waals surface area contributed by atoms with Crippen LogP contribution < -0.4 is 5.32 Å². The van der Waals surface area contributed by atoms with E-state index in [4.69, 9.17) is 4.74 Å². The quantitative estimate of drug-likeness (QED) is 0.388. The summed E-state index contributed by atoms with van der Waals surface area (Å²) < 4.78 is 5.80.